The Morgan fingerprint density at radius 2 is 1.66 bits per heavy atom. The van der Waals surface area contributed by atoms with Crippen molar-refractivity contribution in [1.29, 1.82) is 0 Å². The highest BCUT2D eigenvalue weighted by Crippen LogP contribution is 2.38. The van der Waals surface area contributed by atoms with E-state index in [9.17, 15) is 14.4 Å². The number of nitrogens with one attached hydrogen (secondary N) is 1. The van der Waals surface area contributed by atoms with Gasteiger partial charge in [-0.05, 0) is 108 Å². The molecule has 3 aromatic rings. The molecular weight excluding hydrogens is 588 g/mol. The molecule has 9 heteroatoms. The summed E-state index contributed by atoms with van der Waals surface area (Å²) >= 11 is 3.55. The van der Waals surface area contributed by atoms with E-state index in [1.165, 1.54) is 17.2 Å². The van der Waals surface area contributed by atoms with Crippen molar-refractivity contribution in [3.8, 4) is 17.2 Å². The molecule has 0 aromatic heterocycles. The largest absolute Gasteiger partial charge is 0.494 e. The van der Waals surface area contributed by atoms with Gasteiger partial charge in [0, 0.05) is 0 Å². The van der Waals surface area contributed by atoms with Gasteiger partial charge in [-0.3, -0.25) is 14.9 Å². The summed E-state index contributed by atoms with van der Waals surface area (Å²) in [6.45, 7) is 9.34. The number of urea groups is 1. The molecule has 0 aliphatic carbocycles. The lowest BCUT2D eigenvalue weighted by Gasteiger charge is -2.26. The minimum atomic E-state index is -0.817. The van der Waals surface area contributed by atoms with E-state index in [1.54, 1.807) is 36.4 Å². The number of barbiturate groups is 1. The van der Waals surface area contributed by atoms with Crippen LogP contribution in [0.4, 0.5) is 10.5 Å². The fourth-order valence-electron chi connectivity index (χ4n) is 4.21. The molecule has 3 aromatic carbocycles. The maximum Gasteiger partial charge on any atom is 0.335 e. The number of nitrogens with zero attached hydrogens (tertiary/aromatic N) is 1. The molecular formula is C32H33BrN2O6. The second kappa shape index (κ2) is 13.5. The highest BCUT2D eigenvalue weighted by atomic mass is 79.9. The van der Waals surface area contributed by atoms with Gasteiger partial charge >= 0.3 is 6.03 Å². The van der Waals surface area contributed by atoms with Crippen LogP contribution in [0.3, 0.4) is 0 Å². The van der Waals surface area contributed by atoms with Gasteiger partial charge in [0.1, 0.15) is 17.9 Å². The highest BCUT2D eigenvalue weighted by molar-refractivity contribution is 9.10. The Balaban J connectivity index is 1.59. The average molecular weight is 622 g/mol. The molecule has 1 fully saturated rings. The first-order valence-corrected chi connectivity index (χ1v) is 14.3. The predicted molar refractivity (Wildman–Crippen MR) is 161 cm³/mol. The number of amides is 4. The lowest BCUT2D eigenvalue weighted by Crippen LogP contribution is -2.54. The van der Waals surface area contributed by atoms with E-state index in [4.69, 9.17) is 14.2 Å². The van der Waals surface area contributed by atoms with Crippen LogP contribution in [0.2, 0.25) is 0 Å². The summed E-state index contributed by atoms with van der Waals surface area (Å²) in [6, 6.07) is 15.4. The number of anilines is 1. The molecule has 0 bridgehead atoms. The molecule has 1 aliphatic rings. The van der Waals surface area contributed by atoms with Crippen molar-refractivity contribution in [3.05, 3.63) is 86.9 Å². The molecule has 1 heterocycles. The van der Waals surface area contributed by atoms with Gasteiger partial charge in [0.05, 0.1) is 23.4 Å². The molecule has 0 saturated carbocycles. The van der Waals surface area contributed by atoms with E-state index in [-0.39, 0.29) is 5.57 Å². The second-order valence-corrected chi connectivity index (χ2v) is 10.5. The Labute approximate surface area is 248 Å². The zero-order chi connectivity index (χ0) is 29.5. The van der Waals surface area contributed by atoms with E-state index >= 15 is 0 Å². The summed E-state index contributed by atoms with van der Waals surface area (Å²) in [7, 11) is 0. The molecule has 0 unspecified atom stereocenters. The molecule has 0 spiro atoms. The molecule has 4 amide bonds. The van der Waals surface area contributed by atoms with Gasteiger partial charge in [0.2, 0.25) is 0 Å². The number of imide groups is 2. The van der Waals surface area contributed by atoms with Crippen molar-refractivity contribution >= 4 is 45.5 Å². The first kappa shape index (κ1) is 29.9. The predicted octanol–water partition coefficient (Wildman–Crippen LogP) is 6.89. The Kier molecular flexibility index (Phi) is 9.83. The van der Waals surface area contributed by atoms with E-state index in [0.717, 1.165) is 23.3 Å². The fraction of sp³-hybridized carbons (Fsp3) is 0.281. The summed E-state index contributed by atoms with van der Waals surface area (Å²) in [5.41, 5.74) is 4.05. The average Bonchev–Trinajstić information content (AvgIpc) is 2.93. The van der Waals surface area contributed by atoms with Crippen molar-refractivity contribution in [2.45, 2.75) is 47.1 Å². The zero-order valence-electron chi connectivity index (χ0n) is 23.6. The monoisotopic (exact) mass is 620 g/mol. The normalized spacial score (nSPS) is 14.3. The van der Waals surface area contributed by atoms with Crippen molar-refractivity contribution in [2.24, 2.45) is 0 Å². The summed E-state index contributed by atoms with van der Waals surface area (Å²) in [5.74, 6) is 0.0759. The van der Waals surface area contributed by atoms with E-state index in [0.29, 0.717) is 52.8 Å². The lowest BCUT2D eigenvalue weighted by molar-refractivity contribution is -0.122. The number of rotatable bonds is 11. The van der Waals surface area contributed by atoms with Crippen LogP contribution < -0.4 is 24.4 Å². The highest BCUT2D eigenvalue weighted by Gasteiger charge is 2.37. The molecule has 0 atom stereocenters. The van der Waals surface area contributed by atoms with Gasteiger partial charge < -0.3 is 14.2 Å². The van der Waals surface area contributed by atoms with Crippen LogP contribution in [0.5, 0.6) is 17.2 Å². The third-order valence-corrected chi connectivity index (χ3v) is 7.15. The summed E-state index contributed by atoms with van der Waals surface area (Å²) < 4.78 is 18.2. The van der Waals surface area contributed by atoms with Gasteiger partial charge in [-0.1, -0.05) is 31.5 Å². The van der Waals surface area contributed by atoms with E-state index < -0.39 is 17.8 Å². The number of unbranched alkanes of at least 4 members (excludes halogenated alkanes) is 1. The maximum atomic E-state index is 13.4. The van der Waals surface area contributed by atoms with Gasteiger partial charge in [-0.2, -0.15) is 0 Å². The number of benzene rings is 3. The minimum absolute atomic E-state index is 0.189. The van der Waals surface area contributed by atoms with Crippen LogP contribution in [0.15, 0.2) is 64.6 Å². The lowest BCUT2D eigenvalue weighted by atomic mass is 10.1. The van der Waals surface area contributed by atoms with Crippen molar-refractivity contribution < 1.29 is 28.6 Å². The number of aryl methyl sites for hydroxylation is 2. The summed E-state index contributed by atoms with van der Waals surface area (Å²) in [6.07, 6.45) is 3.36. The zero-order valence-corrected chi connectivity index (χ0v) is 25.2. The molecule has 0 radical (unpaired) electrons. The topological polar surface area (TPSA) is 94.2 Å². The first-order chi connectivity index (χ1) is 19.7. The number of hydrogen-bond acceptors (Lipinski definition) is 6. The third kappa shape index (κ3) is 7.16. The molecule has 1 aliphatic heterocycles. The van der Waals surface area contributed by atoms with Crippen LogP contribution in [-0.2, 0) is 16.2 Å². The van der Waals surface area contributed by atoms with E-state index in [1.807, 2.05) is 13.0 Å². The quantitative estimate of drug-likeness (QED) is 0.142. The van der Waals surface area contributed by atoms with Crippen molar-refractivity contribution in [2.75, 3.05) is 18.1 Å². The number of carbonyl (C=O) groups excluding carboxylic acids is 3. The minimum Gasteiger partial charge on any atom is -0.494 e. The van der Waals surface area contributed by atoms with Gasteiger partial charge in [-0.15, -0.1) is 0 Å². The smallest absolute Gasteiger partial charge is 0.335 e. The number of ether oxygens (including phenoxy) is 3. The van der Waals surface area contributed by atoms with Crippen LogP contribution in [0.25, 0.3) is 6.08 Å². The van der Waals surface area contributed by atoms with Crippen molar-refractivity contribution in [1.82, 2.24) is 5.32 Å². The SMILES string of the molecule is CCCCOc1ccc(N2C(=O)NC(=O)/C(=C/c3cc(Br)c(OCc4ccc(C)c(C)c4)c(OCC)c3)C2=O)cc1. The summed E-state index contributed by atoms with van der Waals surface area (Å²) in [4.78, 5) is 39.7. The Hall–Kier alpha value is -4.11. The Morgan fingerprint density at radius 3 is 2.34 bits per heavy atom. The number of hydrogen-bond donors (Lipinski definition) is 1. The second-order valence-electron chi connectivity index (χ2n) is 9.62. The van der Waals surface area contributed by atoms with Gasteiger partial charge in [0.15, 0.2) is 11.5 Å². The Bertz CT molecular complexity index is 1480. The van der Waals surface area contributed by atoms with Crippen LogP contribution in [-0.4, -0.2) is 31.1 Å². The number of halogens is 1. The third-order valence-electron chi connectivity index (χ3n) is 6.56. The number of carbonyl (C=O) groups is 3. The molecule has 1 N–H and O–H groups in total. The maximum absolute atomic E-state index is 13.4. The molecule has 8 nitrogen and oxygen atoms in total. The molecule has 214 valence electrons. The van der Waals surface area contributed by atoms with Crippen LogP contribution in [0, 0.1) is 13.8 Å². The van der Waals surface area contributed by atoms with Gasteiger partial charge in [-0.25, -0.2) is 9.69 Å². The first-order valence-electron chi connectivity index (χ1n) is 13.5. The molecule has 4 rings (SSSR count). The van der Waals surface area contributed by atoms with Gasteiger partial charge in [0.25, 0.3) is 11.8 Å². The Morgan fingerprint density at radius 1 is 0.902 bits per heavy atom. The van der Waals surface area contributed by atoms with Crippen molar-refractivity contribution in [3.63, 3.8) is 0 Å². The van der Waals surface area contributed by atoms with Crippen LogP contribution >= 0.6 is 15.9 Å². The van der Waals surface area contributed by atoms with E-state index in [2.05, 4.69) is 54.2 Å². The molecule has 41 heavy (non-hydrogen) atoms. The summed E-state index contributed by atoms with van der Waals surface area (Å²) in [5, 5.41) is 2.26. The standard InChI is InChI=1S/C32H33BrN2O6/c1-5-7-14-40-25-12-10-24(11-13-25)35-31(37)26(30(36)34-32(35)38)16-23-17-27(33)29(28(18-23)39-6-2)41-19-22-9-8-20(3)21(4)15-22/h8-13,15-18H,5-7,14,19H2,1-4H3,(H,34,36,38)/b26-16-. The molecule has 1 saturated heterocycles. The fourth-order valence-corrected chi connectivity index (χ4v) is 4.78. The van der Waals surface area contributed by atoms with Crippen LogP contribution in [0.1, 0.15) is 48.9 Å².